The van der Waals surface area contributed by atoms with Crippen LogP contribution < -0.4 is 5.32 Å². The van der Waals surface area contributed by atoms with Gasteiger partial charge >= 0.3 is 0 Å². The van der Waals surface area contributed by atoms with Crippen LogP contribution in [0.25, 0.3) is 22.6 Å². The van der Waals surface area contributed by atoms with E-state index in [9.17, 15) is 4.79 Å². The average Bonchev–Trinajstić information content (AvgIpc) is 3.21. The van der Waals surface area contributed by atoms with Gasteiger partial charge in [0.2, 0.25) is 0 Å². The van der Waals surface area contributed by atoms with Crippen molar-refractivity contribution in [3.8, 4) is 11.5 Å². The molecule has 0 fully saturated rings. The van der Waals surface area contributed by atoms with Gasteiger partial charge in [-0.2, -0.15) is 5.10 Å². The van der Waals surface area contributed by atoms with Crippen molar-refractivity contribution >= 4 is 22.6 Å². The minimum absolute atomic E-state index is 0.190. The number of rotatable bonds is 3. The number of anilines is 1. The second-order valence-electron chi connectivity index (χ2n) is 5.08. The molecule has 0 radical (unpaired) electrons. The summed E-state index contributed by atoms with van der Waals surface area (Å²) in [6.45, 7) is 0. The quantitative estimate of drug-likeness (QED) is 0.543. The van der Waals surface area contributed by atoms with E-state index in [4.69, 9.17) is 0 Å². The number of para-hydroxylation sites is 2. The summed E-state index contributed by atoms with van der Waals surface area (Å²) in [5, 5.41) is 9.75. The lowest BCUT2D eigenvalue weighted by molar-refractivity contribution is 0.102. The summed E-state index contributed by atoms with van der Waals surface area (Å²) in [6, 6.07) is 16.8. The number of carbonyl (C=O) groups excluding carboxylic acids is 1. The maximum absolute atomic E-state index is 12.3. The summed E-state index contributed by atoms with van der Waals surface area (Å²) in [6.07, 6.45) is 1.57. The number of nitrogens with zero attached hydrogens (tertiary/aromatic N) is 2. The van der Waals surface area contributed by atoms with Gasteiger partial charge in [-0.05, 0) is 24.3 Å². The molecule has 2 aromatic carbocycles. The highest BCUT2D eigenvalue weighted by Crippen LogP contribution is 2.25. The minimum Gasteiger partial charge on any atom is -0.337 e. The van der Waals surface area contributed by atoms with Gasteiger partial charge in [-0.3, -0.25) is 9.89 Å². The molecule has 2 heterocycles. The Balaban J connectivity index is 1.67. The molecule has 0 saturated heterocycles. The molecule has 3 N–H and O–H groups in total. The van der Waals surface area contributed by atoms with Gasteiger partial charge in [-0.15, -0.1) is 0 Å². The summed E-state index contributed by atoms with van der Waals surface area (Å²) in [7, 11) is 0. The molecule has 4 aromatic rings. The Bertz CT molecular complexity index is 938. The molecule has 0 saturated carbocycles. The van der Waals surface area contributed by atoms with Crippen LogP contribution in [0.15, 0.2) is 60.8 Å². The Morgan fingerprint density at radius 3 is 2.61 bits per heavy atom. The number of imidazole rings is 1. The van der Waals surface area contributed by atoms with Crippen LogP contribution in [0.3, 0.4) is 0 Å². The van der Waals surface area contributed by atoms with Gasteiger partial charge < -0.3 is 10.3 Å². The molecule has 6 nitrogen and oxygen atoms in total. The van der Waals surface area contributed by atoms with E-state index >= 15 is 0 Å². The Labute approximate surface area is 131 Å². The summed E-state index contributed by atoms with van der Waals surface area (Å²) < 4.78 is 0. The number of nitrogens with one attached hydrogen (secondary N) is 3. The third-order valence-corrected chi connectivity index (χ3v) is 3.55. The summed E-state index contributed by atoms with van der Waals surface area (Å²) in [5.41, 5.74) is 3.60. The zero-order chi connectivity index (χ0) is 15.6. The molecule has 4 rings (SSSR count). The number of H-pyrrole nitrogens is 2. The van der Waals surface area contributed by atoms with E-state index in [-0.39, 0.29) is 5.91 Å². The number of aromatic amines is 2. The zero-order valence-corrected chi connectivity index (χ0v) is 12.1. The van der Waals surface area contributed by atoms with Crippen molar-refractivity contribution in [3.05, 3.63) is 66.4 Å². The number of aromatic nitrogens is 4. The second kappa shape index (κ2) is 5.42. The van der Waals surface area contributed by atoms with Gasteiger partial charge in [-0.25, -0.2) is 4.98 Å². The smallest absolute Gasteiger partial charge is 0.255 e. The van der Waals surface area contributed by atoms with Crippen LogP contribution in [0.1, 0.15) is 10.4 Å². The van der Waals surface area contributed by atoms with Crippen LogP contribution >= 0.6 is 0 Å². The zero-order valence-electron chi connectivity index (χ0n) is 12.1. The fourth-order valence-electron chi connectivity index (χ4n) is 2.42. The highest BCUT2D eigenvalue weighted by molar-refractivity contribution is 6.05. The monoisotopic (exact) mass is 303 g/mol. The van der Waals surface area contributed by atoms with Crippen LogP contribution in [0.2, 0.25) is 0 Å². The van der Waals surface area contributed by atoms with E-state index in [1.165, 1.54) is 0 Å². The average molecular weight is 303 g/mol. The molecular formula is C17H13N5O. The lowest BCUT2D eigenvalue weighted by Gasteiger charge is -2.04. The summed E-state index contributed by atoms with van der Waals surface area (Å²) >= 11 is 0. The highest BCUT2D eigenvalue weighted by Gasteiger charge is 2.15. The molecule has 6 heteroatoms. The third kappa shape index (κ3) is 2.46. The maximum atomic E-state index is 12.3. The Hall–Kier alpha value is -3.41. The first-order valence-corrected chi connectivity index (χ1v) is 7.16. The van der Waals surface area contributed by atoms with Crippen molar-refractivity contribution in [2.45, 2.75) is 0 Å². The van der Waals surface area contributed by atoms with Crippen LogP contribution in [0, 0.1) is 0 Å². The van der Waals surface area contributed by atoms with E-state index in [1.54, 1.807) is 18.3 Å². The lowest BCUT2D eigenvalue weighted by atomic mass is 10.2. The molecule has 0 aliphatic heterocycles. The number of hydrogen-bond acceptors (Lipinski definition) is 3. The van der Waals surface area contributed by atoms with Crippen molar-refractivity contribution in [1.29, 1.82) is 0 Å². The van der Waals surface area contributed by atoms with E-state index in [1.807, 2.05) is 42.5 Å². The predicted molar refractivity (Wildman–Crippen MR) is 88.1 cm³/mol. The fourth-order valence-corrected chi connectivity index (χ4v) is 2.42. The summed E-state index contributed by atoms with van der Waals surface area (Å²) in [5.74, 6) is 0.441. The molecular weight excluding hydrogens is 290 g/mol. The molecule has 2 aromatic heterocycles. The molecule has 1 amide bonds. The van der Waals surface area contributed by atoms with Crippen LogP contribution in [0.4, 0.5) is 5.69 Å². The van der Waals surface area contributed by atoms with Gasteiger partial charge in [0.05, 0.1) is 22.9 Å². The van der Waals surface area contributed by atoms with Crippen molar-refractivity contribution in [2.24, 2.45) is 0 Å². The largest absolute Gasteiger partial charge is 0.337 e. The minimum atomic E-state index is -0.190. The Kier molecular flexibility index (Phi) is 3.12. The number of hydrogen-bond donors (Lipinski definition) is 3. The number of amides is 1. The first kappa shape index (κ1) is 13.3. The van der Waals surface area contributed by atoms with E-state index in [0.717, 1.165) is 11.0 Å². The number of carbonyl (C=O) groups is 1. The topological polar surface area (TPSA) is 86.5 Å². The van der Waals surface area contributed by atoms with Crippen LogP contribution in [-0.2, 0) is 0 Å². The lowest BCUT2D eigenvalue weighted by Crippen LogP contribution is -2.11. The van der Waals surface area contributed by atoms with Gasteiger partial charge in [0.1, 0.15) is 5.69 Å². The van der Waals surface area contributed by atoms with Crippen LogP contribution in [0.5, 0.6) is 0 Å². The Morgan fingerprint density at radius 1 is 1.00 bits per heavy atom. The third-order valence-electron chi connectivity index (χ3n) is 3.55. The molecule has 0 aliphatic rings. The van der Waals surface area contributed by atoms with Gasteiger partial charge in [0.15, 0.2) is 5.82 Å². The standard InChI is InChI=1S/C17H13N5O/c23-17(11-6-2-1-3-7-11)21-14-10-18-22-15(14)16-19-12-8-4-5-9-13(12)20-16/h1-10H,(H,18,22)(H,19,20)(H,21,23). The molecule has 0 bridgehead atoms. The molecule has 0 aliphatic carbocycles. The predicted octanol–water partition coefficient (Wildman–Crippen LogP) is 3.21. The fraction of sp³-hybridized carbons (Fsp3) is 0. The maximum Gasteiger partial charge on any atom is 0.255 e. The molecule has 112 valence electrons. The SMILES string of the molecule is O=C(Nc1cn[nH]c1-c1nc2ccccc2[nH]1)c1ccccc1. The van der Waals surface area contributed by atoms with Gasteiger partial charge in [0.25, 0.3) is 5.91 Å². The van der Waals surface area contributed by atoms with Gasteiger partial charge in [0, 0.05) is 5.56 Å². The second-order valence-corrected chi connectivity index (χ2v) is 5.08. The van der Waals surface area contributed by atoms with Gasteiger partial charge in [-0.1, -0.05) is 30.3 Å². The van der Waals surface area contributed by atoms with Crippen molar-refractivity contribution in [3.63, 3.8) is 0 Å². The Morgan fingerprint density at radius 2 is 1.78 bits per heavy atom. The highest BCUT2D eigenvalue weighted by atomic mass is 16.1. The van der Waals surface area contributed by atoms with E-state index < -0.39 is 0 Å². The van der Waals surface area contributed by atoms with Crippen molar-refractivity contribution < 1.29 is 4.79 Å². The first-order chi connectivity index (χ1) is 11.3. The molecule has 23 heavy (non-hydrogen) atoms. The molecule has 0 spiro atoms. The number of benzene rings is 2. The first-order valence-electron chi connectivity index (χ1n) is 7.16. The molecule has 0 unspecified atom stereocenters. The summed E-state index contributed by atoms with van der Waals surface area (Å²) in [4.78, 5) is 20.0. The van der Waals surface area contributed by atoms with Crippen molar-refractivity contribution in [2.75, 3.05) is 5.32 Å². The van der Waals surface area contributed by atoms with Crippen LogP contribution in [-0.4, -0.2) is 26.1 Å². The normalized spacial score (nSPS) is 10.8. The number of fused-ring (bicyclic) bond motifs is 1. The molecule has 0 atom stereocenters. The van der Waals surface area contributed by atoms with E-state index in [2.05, 4.69) is 25.5 Å². The van der Waals surface area contributed by atoms with E-state index in [0.29, 0.717) is 22.8 Å². The van der Waals surface area contributed by atoms with Crippen molar-refractivity contribution in [1.82, 2.24) is 20.2 Å².